The fourth-order valence-electron chi connectivity index (χ4n) is 6.04. The van der Waals surface area contributed by atoms with Crippen LogP contribution in [0.15, 0.2) is 84.9 Å². The number of para-hydroxylation sites is 2. The van der Waals surface area contributed by atoms with Gasteiger partial charge in [-0.05, 0) is 54.5 Å². The van der Waals surface area contributed by atoms with E-state index in [1.54, 1.807) is 11.3 Å². The van der Waals surface area contributed by atoms with E-state index in [9.17, 15) is 0 Å². The maximum absolute atomic E-state index is 2.71. The molecule has 33 heavy (non-hydrogen) atoms. The SMILES string of the molecule is c1ccc(Cn2c3c(c4ccccc42)C(CN2CCN(c4ccccc4)CC2)CCC3)cc1. The molecule has 3 nitrogen and oxygen atoms in total. The second kappa shape index (κ2) is 9.07. The molecule has 168 valence electrons. The lowest BCUT2D eigenvalue weighted by atomic mass is 9.84. The van der Waals surface area contributed by atoms with Gasteiger partial charge in [0.1, 0.15) is 0 Å². The zero-order valence-electron chi connectivity index (χ0n) is 19.4. The highest BCUT2D eigenvalue weighted by Gasteiger charge is 2.29. The summed E-state index contributed by atoms with van der Waals surface area (Å²) in [6.07, 6.45) is 3.81. The molecular formula is C30H33N3. The van der Waals surface area contributed by atoms with Gasteiger partial charge in [0.05, 0.1) is 0 Å². The predicted molar refractivity (Wildman–Crippen MR) is 138 cm³/mol. The summed E-state index contributed by atoms with van der Waals surface area (Å²) in [5.74, 6) is 0.638. The zero-order chi connectivity index (χ0) is 22.0. The number of anilines is 1. The molecule has 0 spiro atoms. The van der Waals surface area contributed by atoms with Crippen LogP contribution in [0.4, 0.5) is 5.69 Å². The molecule has 1 saturated heterocycles. The quantitative estimate of drug-likeness (QED) is 0.385. The van der Waals surface area contributed by atoms with E-state index in [1.165, 1.54) is 48.0 Å². The van der Waals surface area contributed by atoms with Crippen molar-refractivity contribution in [1.82, 2.24) is 9.47 Å². The lowest BCUT2D eigenvalue weighted by Crippen LogP contribution is -2.47. The van der Waals surface area contributed by atoms with Crippen molar-refractivity contribution in [3.63, 3.8) is 0 Å². The van der Waals surface area contributed by atoms with Gasteiger partial charge >= 0.3 is 0 Å². The summed E-state index contributed by atoms with van der Waals surface area (Å²) in [6, 6.07) is 30.9. The summed E-state index contributed by atoms with van der Waals surface area (Å²) in [4.78, 5) is 5.25. The maximum atomic E-state index is 2.71. The first-order valence-corrected chi connectivity index (χ1v) is 12.5. The molecule has 0 saturated carbocycles. The number of hydrogen-bond acceptors (Lipinski definition) is 2. The molecule has 4 aromatic rings. The standard InChI is InChI=1S/C30H33N3/c1-3-10-24(11-4-1)22-33-28-16-8-7-15-27(28)30-25(12-9-17-29(30)33)23-31-18-20-32(21-19-31)26-13-5-2-6-14-26/h1-8,10-11,13-16,25H,9,12,17-23H2. The van der Waals surface area contributed by atoms with Crippen molar-refractivity contribution in [3.05, 3.63) is 102 Å². The van der Waals surface area contributed by atoms with Gasteiger partial charge in [0.25, 0.3) is 0 Å². The monoisotopic (exact) mass is 435 g/mol. The number of nitrogens with zero attached hydrogens (tertiary/aromatic N) is 3. The van der Waals surface area contributed by atoms with Gasteiger partial charge in [0.15, 0.2) is 0 Å². The van der Waals surface area contributed by atoms with Gasteiger partial charge in [-0.3, -0.25) is 4.90 Å². The second-order valence-corrected chi connectivity index (χ2v) is 9.66. The molecule has 0 N–H and O–H groups in total. The van der Waals surface area contributed by atoms with Crippen LogP contribution in [0.2, 0.25) is 0 Å². The maximum Gasteiger partial charge on any atom is 0.0488 e. The zero-order valence-corrected chi connectivity index (χ0v) is 19.4. The molecule has 0 radical (unpaired) electrons. The van der Waals surface area contributed by atoms with Crippen molar-refractivity contribution in [3.8, 4) is 0 Å². The minimum Gasteiger partial charge on any atom is -0.369 e. The van der Waals surface area contributed by atoms with Gasteiger partial charge in [-0.15, -0.1) is 0 Å². The average Bonchev–Trinajstić information content (AvgIpc) is 3.20. The normalized spacial score (nSPS) is 19.0. The minimum atomic E-state index is 0.638. The molecule has 2 aliphatic rings. The highest BCUT2D eigenvalue weighted by atomic mass is 15.3. The Balaban J connectivity index is 1.25. The molecule has 1 unspecified atom stereocenters. The van der Waals surface area contributed by atoms with E-state index in [0.717, 1.165) is 32.7 Å². The van der Waals surface area contributed by atoms with Crippen molar-refractivity contribution in [1.29, 1.82) is 0 Å². The molecular weight excluding hydrogens is 402 g/mol. The Morgan fingerprint density at radius 3 is 2.21 bits per heavy atom. The first-order chi connectivity index (χ1) is 16.4. The molecule has 3 aromatic carbocycles. The lowest BCUT2D eigenvalue weighted by molar-refractivity contribution is 0.234. The highest BCUT2D eigenvalue weighted by Crippen LogP contribution is 2.40. The van der Waals surface area contributed by atoms with Gasteiger partial charge in [0, 0.05) is 61.6 Å². The van der Waals surface area contributed by atoms with Crippen LogP contribution in [0.5, 0.6) is 0 Å². The van der Waals surface area contributed by atoms with Crippen LogP contribution in [0, 0.1) is 0 Å². The van der Waals surface area contributed by atoms with E-state index in [4.69, 9.17) is 0 Å². The van der Waals surface area contributed by atoms with Crippen molar-refractivity contribution in [2.45, 2.75) is 31.7 Å². The summed E-state index contributed by atoms with van der Waals surface area (Å²) in [7, 11) is 0. The Morgan fingerprint density at radius 2 is 1.42 bits per heavy atom. The van der Waals surface area contributed by atoms with Gasteiger partial charge in [0.2, 0.25) is 0 Å². The molecule has 0 bridgehead atoms. The van der Waals surface area contributed by atoms with E-state index in [-0.39, 0.29) is 0 Å². The van der Waals surface area contributed by atoms with Crippen LogP contribution in [0.25, 0.3) is 10.9 Å². The Kier molecular flexibility index (Phi) is 5.65. The summed E-state index contributed by atoms with van der Waals surface area (Å²) < 4.78 is 2.61. The Labute approximate surface area is 197 Å². The molecule has 3 heteroatoms. The molecule has 1 aromatic heterocycles. The largest absolute Gasteiger partial charge is 0.369 e. The topological polar surface area (TPSA) is 11.4 Å². The predicted octanol–water partition coefficient (Wildman–Crippen LogP) is 5.93. The van der Waals surface area contributed by atoms with E-state index in [2.05, 4.69) is 99.3 Å². The fourth-order valence-corrected chi connectivity index (χ4v) is 6.04. The summed E-state index contributed by atoms with van der Waals surface area (Å²) in [6.45, 7) is 6.72. The lowest BCUT2D eigenvalue weighted by Gasteiger charge is -2.38. The summed E-state index contributed by atoms with van der Waals surface area (Å²) in [5, 5.41) is 1.48. The number of benzene rings is 3. The number of aromatic nitrogens is 1. The second-order valence-electron chi connectivity index (χ2n) is 9.66. The molecule has 1 atom stereocenters. The first kappa shape index (κ1) is 20.6. The molecule has 1 aliphatic carbocycles. The van der Waals surface area contributed by atoms with Gasteiger partial charge < -0.3 is 9.47 Å². The van der Waals surface area contributed by atoms with Crippen LogP contribution in [0.3, 0.4) is 0 Å². The van der Waals surface area contributed by atoms with Crippen LogP contribution in [-0.2, 0) is 13.0 Å². The van der Waals surface area contributed by atoms with Gasteiger partial charge in [-0.2, -0.15) is 0 Å². The van der Waals surface area contributed by atoms with Crippen molar-refractivity contribution < 1.29 is 0 Å². The number of rotatable bonds is 5. The highest BCUT2D eigenvalue weighted by molar-refractivity contribution is 5.86. The smallest absolute Gasteiger partial charge is 0.0488 e. The number of piperazine rings is 1. The fraction of sp³-hybridized carbons (Fsp3) is 0.333. The molecule has 6 rings (SSSR count). The van der Waals surface area contributed by atoms with E-state index < -0.39 is 0 Å². The molecule has 0 amide bonds. The van der Waals surface area contributed by atoms with E-state index in [1.807, 2.05) is 0 Å². The first-order valence-electron chi connectivity index (χ1n) is 12.5. The third-order valence-electron chi connectivity index (χ3n) is 7.65. The summed E-state index contributed by atoms with van der Waals surface area (Å²) in [5.41, 5.74) is 7.38. The molecule has 1 fully saturated rings. The summed E-state index contributed by atoms with van der Waals surface area (Å²) >= 11 is 0. The van der Waals surface area contributed by atoms with Crippen molar-refractivity contribution in [2.24, 2.45) is 0 Å². The minimum absolute atomic E-state index is 0.638. The Hall–Kier alpha value is -3.04. The van der Waals surface area contributed by atoms with Crippen LogP contribution in [0.1, 0.15) is 35.6 Å². The number of hydrogen-bond donors (Lipinski definition) is 0. The molecule has 2 heterocycles. The van der Waals surface area contributed by atoms with Crippen molar-refractivity contribution in [2.75, 3.05) is 37.6 Å². The van der Waals surface area contributed by atoms with Crippen LogP contribution in [-0.4, -0.2) is 42.2 Å². The van der Waals surface area contributed by atoms with E-state index >= 15 is 0 Å². The average molecular weight is 436 g/mol. The van der Waals surface area contributed by atoms with Gasteiger partial charge in [-0.25, -0.2) is 0 Å². The Morgan fingerprint density at radius 1 is 0.727 bits per heavy atom. The van der Waals surface area contributed by atoms with Crippen LogP contribution >= 0.6 is 0 Å². The third kappa shape index (κ3) is 4.06. The number of fused-ring (bicyclic) bond motifs is 3. The van der Waals surface area contributed by atoms with Crippen molar-refractivity contribution >= 4 is 16.6 Å². The molecule has 1 aliphatic heterocycles. The third-order valence-corrected chi connectivity index (χ3v) is 7.65. The van der Waals surface area contributed by atoms with Crippen LogP contribution < -0.4 is 4.90 Å². The van der Waals surface area contributed by atoms with E-state index in [0.29, 0.717) is 5.92 Å². The van der Waals surface area contributed by atoms with Gasteiger partial charge in [-0.1, -0.05) is 66.7 Å². The Bertz CT molecular complexity index is 1200.